The zero-order valence-corrected chi connectivity index (χ0v) is 17.7. The number of piperazine rings is 1. The molecule has 8 nitrogen and oxygen atoms in total. The predicted octanol–water partition coefficient (Wildman–Crippen LogP) is 2.55. The highest BCUT2D eigenvalue weighted by Gasteiger charge is 2.16. The summed E-state index contributed by atoms with van der Waals surface area (Å²) in [4.78, 5) is 11.8. The Kier molecular flexibility index (Phi) is 5.56. The van der Waals surface area contributed by atoms with Crippen LogP contribution in [0.2, 0.25) is 0 Å². The molecule has 2 aromatic heterocycles. The highest BCUT2D eigenvalue weighted by Crippen LogP contribution is 2.22. The molecular formula is C21H25N7OS. The van der Waals surface area contributed by atoms with Crippen LogP contribution in [0.4, 0.5) is 17.3 Å². The molecular weight excluding hydrogens is 398 g/mol. The van der Waals surface area contributed by atoms with Gasteiger partial charge in [0.25, 0.3) is 0 Å². The fourth-order valence-corrected chi connectivity index (χ4v) is 4.49. The first kappa shape index (κ1) is 20.1. The summed E-state index contributed by atoms with van der Waals surface area (Å²) in [6.45, 7) is 9.39. The van der Waals surface area contributed by atoms with Gasteiger partial charge in [-0.3, -0.25) is 0 Å². The van der Waals surface area contributed by atoms with Crippen molar-refractivity contribution in [2.75, 3.05) is 36.4 Å². The number of anilines is 3. The Bertz CT molecular complexity index is 1190. The Morgan fingerprint density at radius 3 is 2.67 bits per heavy atom. The van der Waals surface area contributed by atoms with E-state index in [0.717, 1.165) is 31.9 Å². The fourth-order valence-electron chi connectivity index (χ4n) is 3.29. The van der Waals surface area contributed by atoms with E-state index in [1.165, 1.54) is 9.77 Å². The molecule has 1 aliphatic heterocycles. The second-order valence-corrected chi connectivity index (χ2v) is 9.32. The minimum Gasteiger partial charge on any atom is -0.369 e. The molecule has 9 heteroatoms. The quantitative estimate of drug-likeness (QED) is 0.465. The van der Waals surface area contributed by atoms with E-state index in [9.17, 15) is 4.21 Å². The van der Waals surface area contributed by atoms with E-state index in [-0.39, 0.29) is 0 Å². The zero-order chi connectivity index (χ0) is 21.1. The van der Waals surface area contributed by atoms with Gasteiger partial charge in [0.15, 0.2) is 5.65 Å². The van der Waals surface area contributed by atoms with E-state index >= 15 is 0 Å². The zero-order valence-electron chi connectivity index (χ0n) is 16.9. The molecule has 0 bridgehead atoms. The van der Waals surface area contributed by atoms with Gasteiger partial charge in [-0.1, -0.05) is 12.7 Å². The van der Waals surface area contributed by atoms with Gasteiger partial charge in [0, 0.05) is 48.7 Å². The average molecular weight is 424 g/mol. The molecule has 0 saturated carbocycles. The van der Waals surface area contributed by atoms with E-state index in [0.29, 0.717) is 21.9 Å². The van der Waals surface area contributed by atoms with Crippen LogP contribution in [0, 0.1) is 0 Å². The number of aromatic nitrogens is 4. The third-order valence-electron chi connectivity index (χ3n) is 5.02. The summed E-state index contributed by atoms with van der Waals surface area (Å²) in [7, 11) is -2.83. The molecule has 1 unspecified atom stereocenters. The van der Waals surface area contributed by atoms with Gasteiger partial charge in [0.05, 0.1) is 21.3 Å². The number of fused-ring (bicyclic) bond motifs is 1. The molecule has 1 atom stereocenters. The number of benzene rings is 1. The molecule has 2 N–H and O–H groups in total. The van der Waals surface area contributed by atoms with Crippen LogP contribution in [-0.2, 0) is 9.71 Å². The van der Waals surface area contributed by atoms with Gasteiger partial charge < -0.3 is 15.5 Å². The van der Waals surface area contributed by atoms with E-state index in [1.807, 2.05) is 12.1 Å². The van der Waals surface area contributed by atoms with Gasteiger partial charge >= 0.3 is 0 Å². The third-order valence-corrected chi connectivity index (χ3v) is 6.99. The van der Waals surface area contributed by atoms with Crippen LogP contribution >= 0.6 is 0 Å². The van der Waals surface area contributed by atoms with Crippen molar-refractivity contribution in [3.05, 3.63) is 60.3 Å². The third kappa shape index (κ3) is 3.94. The van der Waals surface area contributed by atoms with Crippen molar-refractivity contribution in [1.29, 1.82) is 0 Å². The predicted molar refractivity (Wildman–Crippen MR) is 125 cm³/mol. The van der Waals surface area contributed by atoms with E-state index in [2.05, 4.69) is 55.2 Å². The smallest absolute Gasteiger partial charge is 0.229 e. The van der Waals surface area contributed by atoms with Gasteiger partial charge in [0.2, 0.25) is 5.95 Å². The molecule has 3 aromatic rings. The molecule has 1 saturated heterocycles. The molecule has 156 valence electrons. The van der Waals surface area contributed by atoms with Crippen LogP contribution in [0.25, 0.3) is 11.0 Å². The van der Waals surface area contributed by atoms with Crippen LogP contribution in [0.15, 0.2) is 60.3 Å². The molecule has 30 heavy (non-hydrogen) atoms. The number of hydrogen-bond acceptors (Lipinski definition) is 7. The van der Waals surface area contributed by atoms with Crippen molar-refractivity contribution in [1.82, 2.24) is 24.5 Å². The first-order valence-corrected chi connectivity index (χ1v) is 11.4. The van der Waals surface area contributed by atoms with Crippen LogP contribution in [0.1, 0.15) is 6.92 Å². The van der Waals surface area contributed by atoms with Crippen LogP contribution in [0.5, 0.6) is 0 Å². The number of nitrogens with zero attached hydrogens (tertiary/aromatic N) is 5. The summed E-state index contributed by atoms with van der Waals surface area (Å²) in [5.41, 5.74) is 2.52. The van der Waals surface area contributed by atoms with Crippen LogP contribution < -0.4 is 15.5 Å². The Hall–Kier alpha value is -3.17. The summed E-state index contributed by atoms with van der Waals surface area (Å²) in [5, 5.41) is 11.5. The second kappa shape index (κ2) is 8.29. The summed E-state index contributed by atoms with van der Waals surface area (Å²) in [5.74, 6) is 4.27. The molecule has 0 radical (unpaired) electrons. The van der Waals surface area contributed by atoms with E-state index < -0.39 is 9.71 Å². The Labute approximate surface area is 176 Å². The lowest BCUT2D eigenvalue weighted by atomic mass is 10.2. The highest BCUT2D eigenvalue weighted by molar-refractivity contribution is 8.02. The van der Waals surface area contributed by atoms with Crippen molar-refractivity contribution < 1.29 is 4.21 Å². The highest BCUT2D eigenvalue weighted by atomic mass is 32.2. The normalized spacial score (nSPS) is 17.0. The van der Waals surface area contributed by atoms with Crippen LogP contribution in [-0.4, -0.2) is 55.4 Å². The standard InChI is InChI=1S/C21H25N7OS/c1-4-5-16(2)30(3,29)28-20-17(15-24-28)14-23-21(26-20)25-18-6-8-19(9-7-18)27-12-10-22-11-13-27/h4-9,14-15,22H,1,3,10-13H2,2H3,(H,23,25,26). The molecule has 3 heterocycles. The molecule has 1 fully saturated rings. The monoisotopic (exact) mass is 423 g/mol. The van der Waals surface area contributed by atoms with E-state index in [4.69, 9.17) is 0 Å². The summed E-state index contributed by atoms with van der Waals surface area (Å²) in [6, 6.07) is 8.18. The summed E-state index contributed by atoms with van der Waals surface area (Å²) >= 11 is 0. The Balaban J connectivity index is 1.59. The Morgan fingerprint density at radius 2 is 1.97 bits per heavy atom. The summed E-state index contributed by atoms with van der Waals surface area (Å²) < 4.78 is 14.6. The molecule has 0 aliphatic carbocycles. The van der Waals surface area contributed by atoms with Crippen molar-refractivity contribution in [3.8, 4) is 0 Å². The first-order chi connectivity index (χ1) is 14.5. The largest absolute Gasteiger partial charge is 0.369 e. The van der Waals surface area contributed by atoms with Crippen molar-refractivity contribution >= 4 is 43.9 Å². The van der Waals surface area contributed by atoms with E-state index in [1.54, 1.807) is 31.5 Å². The Morgan fingerprint density at radius 1 is 1.23 bits per heavy atom. The molecule has 1 aromatic carbocycles. The van der Waals surface area contributed by atoms with Crippen LogP contribution in [0.3, 0.4) is 0 Å². The molecule has 1 aliphatic rings. The SMILES string of the molecule is C=CC=C(C)S(=C)(=O)n1ncc2cnc(Nc3ccc(N4CCNCC4)cc3)nc21. The van der Waals surface area contributed by atoms with Crippen molar-refractivity contribution in [2.45, 2.75) is 6.92 Å². The molecule has 0 amide bonds. The lowest BCUT2D eigenvalue weighted by Crippen LogP contribution is -2.43. The summed E-state index contributed by atoms with van der Waals surface area (Å²) in [6.07, 6.45) is 6.50. The molecule has 0 spiro atoms. The lowest BCUT2D eigenvalue weighted by molar-refractivity contribution is 0.589. The van der Waals surface area contributed by atoms with Gasteiger partial charge in [-0.15, -0.1) is 0 Å². The van der Waals surface area contributed by atoms with Crippen molar-refractivity contribution in [2.24, 2.45) is 0 Å². The maximum atomic E-state index is 13.2. The minimum absolute atomic E-state index is 0.403. The number of allylic oxidation sites excluding steroid dienone is 3. The number of nitrogens with one attached hydrogen (secondary N) is 2. The number of hydrogen-bond donors (Lipinski definition) is 2. The second-order valence-electron chi connectivity index (χ2n) is 7.05. The minimum atomic E-state index is -2.83. The first-order valence-electron chi connectivity index (χ1n) is 9.70. The number of rotatable bonds is 6. The maximum absolute atomic E-state index is 13.2. The topological polar surface area (TPSA) is 88.0 Å². The average Bonchev–Trinajstić information content (AvgIpc) is 3.19. The van der Waals surface area contributed by atoms with Crippen molar-refractivity contribution in [3.63, 3.8) is 0 Å². The van der Waals surface area contributed by atoms with Gasteiger partial charge in [0.1, 0.15) is 0 Å². The van der Waals surface area contributed by atoms with Gasteiger partial charge in [-0.2, -0.15) is 14.2 Å². The molecule has 4 rings (SSSR count). The fraction of sp³-hybridized carbons (Fsp3) is 0.238. The lowest BCUT2D eigenvalue weighted by Gasteiger charge is -2.29. The van der Waals surface area contributed by atoms with Gasteiger partial charge in [-0.25, -0.2) is 9.19 Å². The maximum Gasteiger partial charge on any atom is 0.229 e. The van der Waals surface area contributed by atoms with Gasteiger partial charge in [-0.05, 0) is 43.1 Å².